The van der Waals surface area contributed by atoms with E-state index in [0.717, 1.165) is 11.8 Å². The van der Waals surface area contributed by atoms with Gasteiger partial charge in [0.25, 0.3) is 0 Å². The minimum atomic E-state index is -1.11. The second kappa shape index (κ2) is 7.24. The maximum Gasteiger partial charge on any atom is 0.237 e. The Morgan fingerprint density at radius 2 is 1.96 bits per heavy atom. The van der Waals surface area contributed by atoms with Crippen molar-refractivity contribution < 1.29 is 18.0 Å². The molecule has 8 heteroatoms. The lowest BCUT2D eigenvalue weighted by atomic mass is 9.98. The van der Waals surface area contributed by atoms with Crippen LogP contribution in [0.2, 0.25) is 0 Å². The van der Waals surface area contributed by atoms with Gasteiger partial charge in [0.1, 0.15) is 12.5 Å². The van der Waals surface area contributed by atoms with Crippen LogP contribution in [0, 0.1) is 11.6 Å². The molecule has 2 aromatic rings. The molecule has 1 amide bonds. The van der Waals surface area contributed by atoms with Crippen LogP contribution in [-0.2, 0) is 23.6 Å². The maximum atomic E-state index is 14.6. The van der Waals surface area contributed by atoms with Crippen LogP contribution in [0.3, 0.4) is 0 Å². The van der Waals surface area contributed by atoms with E-state index in [2.05, 4.69) is 4.98 Å². The number of halogens is 3. The molecular weight excluding hydrogens is 369 g/mol. The molecule has 1 aliphatic heterocycles. The predicted octanol–water partition coefficient (Wildman–Crippen LogP) is 3.46. The van der Waals surface area contributed by atoms with Crippen molar-refractivity contribution in [2.24, 2.45) is 5.73 Å². The van der Waals surface area contributed by atoms with E-state index >= 15 is 0 Å². The Balaban J connectivity index is 2.26. The van der Waals surface area contributed by atoms with Crippen molar-refractivity contribution in [3.63, 3.8) is 0 Å². The van der Waals surface area contributed by atoms with Crippen LogP contribution in [-0.4, -0.2) is 33.4 Å². The third-order valence-electron chi connectivity index (χ3n) is 5.30. The fourth-order valence-electron chi connectivity index (χ4n) is 3.98. The van der Waals surface area contributed by atoms with Gasteiger partial charge >= 0.3 is 0 Å². The average Bonchev–Trinajstić information content (AvgIpc) is 3.04. The van der Waals surface area contributed by atoms with E-state index in [4.69, 9.17) is 5.73 Å². The molecule has 0 bridgehead atoms. The molecule has 2 heterocycles. The van der Waals surface area contributed by atoms with Crippen molar-refractivity contribution in [2.45, 2.75) is 52.4 Å². The highest BCUT2D eigenvalue weighted by atomic mass is 19.2. The summed E-state index contributed by atoms with van der Waals surface area (Å²) in [5, 5.41) is 0. The van der Waals surface area contributed by atoms with Gasteiger partial charge in [0.15, 0.2) is 11.6 Å². The Labute approximate surface area is 162 Å². The van der Waals surface area contributed by atoms with Crippen LogP contribution in [0.5, 0.6) is 0 Å². The molecule has 2 N–H and O–H groups in total. The normalized spacial score (nSPS) is 15.8. The smallest absolute Gasteiger partial charge is 0.237 e. The minimum Gasteiger partial charge on any atom is -0.327 e. The number of nitrogens with zero attached hydrogens (tertiary/aromatic N) is 3. The van der Waals surface area contributed by atoms with Crippen LogP contribution in [0.25, 0.3) is 11.3 Å². The third kappa shape index (κ3) is 3.09. The van der Waals surface area contributed by atoms with E-state index < -0.39 is 23.8 Å². The summed E-state index contributed by atoms with van der Waals surface area (Å²) < 4.78 is 43.8. The van der Waals surface area contributed by atoms with Crippen molar-refractivity contribution >= 4 is 5.91 Å². The van der Waals surface area contributed by atoms with E-state index in [-0.39, 0.29) is 35.2 Å². The summed E-state index contributed by atoms with van der Waals surface area (Å²) in [4.78, 5) is 18.6. The van der Waals surface area contributed by atoms with Gasteiger partial charge in [-0.25, -0.2) is 18.2 Å². The Morgan fingerprint density at radius 3 is 2.54 bits per heavy atom. The molecule has 0 spiro atoms. The third-order valence-corrected chi connectivity index (χ3v) is 5.30. The molecule has 1 aromatic heterocycles. The monoisotopic (exact) mass is 394 g/mol. The molecule has 152 valence electrons. The molecule has 0 aliphatic carbocycles. The highest BCUT2D eigenvalue weighted by Crippen LogP contribution is 2.39. The minimum absolute atomic E-state index is 0.0414. The first kappa shape index (κ1) is 20.4. The standard InChI is InChI=1S/C20H25F3N4O/c1-11(2)18-17(13-7-12(9-21)8-14(22)16(13)23)25-19-20(3,4)27(15(28)10-24)6-5-26(18)19/h7-8,11H,5-6,9-10,24H2,1-4H3. The van der Waals surface area contributed by atoms with Crippen molar-refractivity contribution in [3.05, 3.63) is 40.8 Å². The molecule has 1 aromatic carbocycles. The molecule has 1 aliphatic rings. The second-order valence-corrected chi connectivity index (χ2v) is 7.86. The molecule has 3 rings (SSSR count). The number of fused-ring (bicyclic) bond motifs is 1. The Kier molecular flexibility index (Phi) is 5.27. The summed E-state index contributed by atoms with van der Waals surface area (Å²) in [5.74, 6) is -1.83. The first-order valence-corrected chi connectivity index (χ1v) is 9.29. The van der Waals surface area contributed by atoms with Gasteiger partial charge in [-0.15, -0.1) is 0 Å². The number of benzene rings is 1. The van der Waals surface area contributed by atoms with Gasteiger partial charge in [0.2, 0.25) is 5.91 Å². The molecular formula is C20H25F3N4O. The molecule has 0 saturated heterocycles. The summed E-state index contributed by atoms with van der Waals surface area (Å²) in [6, 6.07) is 2.16. The predicted molar refractivity (Wildman–Crippen MR) is 100 cm³/mol. The van der Waals surface area contributed by atoms with Crippen LogP contribution < -0.4 is 5.73 Å². The van der Waals surface area contributed by atoms with Crippen LogP contribution >= 0.6 is 0 Å². The zero-order chi connectivity index (χ0) is 20.8. The number of rotatable bonds is 4. The van der Waals surface area contributed by atoms with Crippen molar-refractivity contribution in [1.29, 1.82) is 0 Å². The van der Waals surface area contributed by atoms with E-state index in [1.807, 2.05) is 32.3 Å². The lowest BCUT2D eigenvalue weighted by Gasteiger charge is -2.42. The number of imidazole rings is 1. The molecule has 5 nitrogen and oxygen atoms in total. The van der Waals surface area contributed by atoms with Gasteiger partial charge in [0.05, 0.1) is 17.8 Å². The SMILES string of the molecule is CC(C)c1c(-c2cc(CF)cc(F)c2F)nc2n1CCN(C(=O)CN)C2(C)C. The lowest BCUT2D eigenvalue weighted by Crippen LogP contribution is -2.53. The Hall–Kier alpha value is -2.35. The highest BCUT2D eigenvalue weighted by molar-refractivity contribution is 5.79. The molecule has 0 fully saturated rings. The summed E-state index contributed by atoms with van der Waals surface area (Å²) in [6.45, 7) is 7.45. The zero-order valence-electron chi connectivity index (χ0n) is 16.5. The van der Waals surface area contributed by atoms with Gasteiger partial charge < -0.3 is 15.2 Å². The largest absolute Gasteiger partial charge is 0.327 e. The van der Waals surface area contributed by atoms with Crippen LogP contribution in [0.4, 0.5) is 13.2 Å². The van der Waals surface area contributed by atoms with E-state index in [1.165, 1.54) is 6.07 Å². The second-order valence-electron chi connectivity index (χ2n) is 7.86. The van der Waals surface area contributed by atoms with Crippen LogP contribution in [0.1, 0.15) is 50.7 Å². The number of carbonyl (C=O) groups excluding carboxylic acids is 1. The van der Waals surface area contributed by atoms with Gasteiger partial charge in [-0.2, -0.15) is 0 Å². The molecule has 28 heavy (non-hydrogen) atoms. The van der Waals surface area contributed by atoms with Crippen molar-refractivity contribution in [3.8, 4) is 11.3 Å². The average molecular weight is 394 g/mol. The summed E-state index contributed by atoms with van der Waals surface area (Å²) >= 11 is 0. The summed E-state index contributed by atoms with van der Waals surface area (Å²) in [6.07, 6.45) is 0. The van der Waals surface area contributed by atoms with Crippen molar-refractivity contribution in [1.82, 2.24) is 14.5 Å². The number of carbonyl (C=O) groups is 1. The molecule has 0 unspecified atom stereocenters. The van der Waals surface area contributed by atoms with E-state index in [9.17, 15) is 18.0 Å². The number of aromatic nitrogens is 2. The summed E-state index contributed by atoms with van der Waals surface area (Å²) in [7, 11) is 0. The van der Waals surface area contributed by atoms with E-state index in [0.29, 0.717) is 18.9 Å². The fourth-order valence-corrected chi connectivity index (χ4v) is 3.98. The van der Waals surface area contributed by atoms with E-state index in [1.54, 1.807) is 4.90 Å². The van der Waals surface area contributed by atoms with Gasteiger partial charge in [-0.05, 0) is 37.5 Å². The van der Waals surface area contributed by atoms with Gasteiger partial charge in [0, 0.05) is 24.3 Å². The van der Waals surface area contributed by atoms with Gasteiger partial charge in [-0.1, -0.05) is 13.8 Å². The topological polar surface area (TPSA) is 64.2 Å². The Morgan fingerprint density at radius 1 is 1.29 bits per heavy atom. The number of hydrogen-bond donors (Lipinski definition) is 1. The first-order chi connectivity index (χ1) is 13.1. The molecule has 0 saturated carbocycles. The number of alkyl halides is 1. The maximum absolute atomic E-state index is 14.6. The highest BCUT2D eigenvalue weighted by Gasteiger charge is 2.41. The van der Waals surface area contributed by atoms with Crippen molar-refractivity contribution in [2.75, 3.05) is 13.1 Å². The Bertz CT molecular complexity index is 921. The zero-order valence-corrected chi connectivity index (χ0v) is 16.5. The van der Waals surface area contributed by atoms with Gasteiger partial charge in [-0.3, -0.25) is 4.79 Å². The number of amides is 1. The quantitative estimate of drug-likeness (QED) is 0.864. The number of nitrogens with two attached hydrogens (primary N) is 1. The molecule has 0 radical (unpaired) electrons. The fraction of sp³-hybridized carbons (Fsp3) is 0.500. The molecule has 0 atom stereocenters. The van der Waals surface area contributed by atoms with Crippen LogP contribution in [0.15, 0.2) is 12.1 Å². The first-order valence-electron chi connectivity index (χ1n) is 9.29. The number of hydrogen-bond acceptors (Lipinski definition) is 3. The summed E-state index contributed by atoms with van der Waals surface area (Å²) in [5.41, 5.74) is 5.77. The lowest BCUT2D eigenvalue weighted by molar-refractivity contribution is -0.137.